The zero-order valence-corrected chi connectivity index (χ0v) is 15.7. The molecule has 0 aliphatic carbocycles. The van der Waals surface area contributed by atoms with E-state index in [1.54, 1.807) is 13.2 Å². The lowest BCUT2D eigenvalue weighted by atomic mass is 10.2. The molecule has 0 aromatic heterocycles. The molecule has 5 heteroatoms. The summed E-state index contributed by atoms with van der Waals surface area (Å²) in [6, 6.07) is 15.7. The fourth-order valence-electron chi connectivity index (χ4n) is 2.43. The van der Waals surface area contributed by atoms with Crippen molar-refractivity contribution in [2.75, 3.05) is 27.2 Å². The second-order valence-electron chi connectivity index (χ2n) is 5.68. The first-order valence-corrected chi connectivity index (χ1v) is 8.73. The SMILES string of the molecule is COc1ccc(Br)c(C(=O)NCCCN(C)Cc2ccccc2)c1. The molecular weight excluding hydrogens is 368 g/mol. The van der Waals surface area contributed by atoms with Gasteiger partial charge in [0.15, 0.2) is 0 Å². The van der Waals surface area contributed by atoms with E-state index in [1.807, 2.05) is 18.2 Å². The van der Waals surface area contributed by atoms with Gasteiger partial charge >= 0.3 is 0 Å². The molecule has 0 aliphatic heterocycles. The van der Waals surface area contributed by atoms with Crippen LogP contribution in [0.4, 0.5) is 0 Å². The molecule has 0 spiro atoms. The van der Waals surface area contributed by atoms with Crippen LogP contribution in [0.25, 0.3) is 0 Å². The molecular formula is C19H23BrN2O2. The number of methoxy groups -OCH3 is 1. The molecule has 128 valence electrons. The van der Waals surface area contributed by atoms with Crippen molar-refractivity contribution in [3.63, 3.8) is 0 Å². The number of nitrogens with one attached hydrogen (secondary N) is 1. The molecule has 1 N–H and O–H groups in total. The van der Waals surface area contributed by atoms with Gasteiger partial charge in [-0.15, -0.1) is 0 Å². The van der Waals surface area contributed by atoms with Gasteiger partial charge in [-0.3, -0.25) is 4.79 Å². The molecule has 2 rings (SSSR count). The smallest absolute Gasteiger partial charge is 0.252 e. The topological polar surface area (TPSA) is 41.6 Å². The highest BCUT2D eigenvalue weighted by molar-refractivity contribution is 9.10. The molecule has 2 aromatic rings. The van der Waals surface area contributed by atoms with Crippen LogP contribution in [0.1, 0.15) is 22.3 Å². The van der Waals surface area contributed by atoms with E-state index in [4.69, 9.17) is 4.74 Å². The number of hydrogen-bond donors (Lipinski definition) is 1. The molecule has 0 radical (unpaired) electrons. The van der Waals surface area contributed by atoms with E-state index in [9.17, 15) is 4.79 Å². The summed E-state index contributed by atoms with van der Waals surface area (Å²) in [6.07, 6.45) is 0.899. The normalized spacial score (nSPS) is 10.7. The van der Waals surface area contributed by atoms with Crippen molar-refractivity contribution in [3.8, 4) is 5.75 Å². The van der Waals surface area contributed by atoms with Crippen molar-refractivity contribution in [1.29, 1.82) is 0 Å². The fourth-order valence-corrected chi connectivity index (χ4v) is 2.85. The van der Waals surface area contributed by atoms with Gasteiger partial charge in [0, 0.05) is 17.6 Å². The fraction of sp³-hybridized carbons (Fsp3) is 0.316. The van der Waals surface area contributed by atoms with Crippen LogP contribution in [0.2, 0.25) is 0 Å². The van der Waals surface area contributed by atoms with Gasteiger partial charge in [-0.2, -0.15) is 0 Å². The molecule has 24 heavy (non-hydrogen) atoms. The second kappa shape index (κ2) is 9.45. The van der Waals surface area contributed by atoms with Gasteiger partial charge in [-0.05, 0) is 59.7 Å². The maximum Gasteiger partial charge on any atom is 0.252 e. The Morgan fingerprint density at radius 3 is 2.67 bits per heavy atom. The Kier molecular flexibility index (Phi) is 7.28. The van der Waals surface area contributed by atoms with E-state index < -0.39 is 0 Å². The highest BCUT2D eigenvalue weighted by Crippen LogP contribution is 2.22. The molecule has 0 atom stereocenters. The van der Waals surface area contributed by atoms with Crippen LogP contribution < -0.4 is 10.1 Å². The first-order chi connectivity index (χ1) is 11.6. The zero-order valence-electron chi connectivity index (χ0n) is 14.1. The van der Waals surface area contributed by atoms with Crippen LogP contribution in [0.5, 0.6) is 5.75 Å². The Balaban J connectivity index is 1.75. The van der Waals surface area contributed by atoms with Crippen molar-refractivity contribution < 1.29 is 9.53 Å². The minimum Gasteiger partial charge on any atom is -0.497 e. The molecule has 1 amide bonds. The van der Waals surface area contributed by atoms with Gasteiger partial charge in [-0.25, -0.2) is 0 Å². The van der Waals surface area contributed by atoms with Gasteiger partial charge in [0.25, 0.3) is 5.91 Å². The maximum absolute atomic E-state index is 12.3. The van der Waals surface area contributed by atoms with Crippen molar-refractivity contribution in [1.82, 2.24) is 10.2 Å². The van der Waals surface area contributed by atoms with Crippen molar-refractivity contribution in [2.45, 2.75) is 13.0 Å². The maximum atomic E-state index is 12.3. The number of carbonyl (C=O) groups is 1. The number of nitrogens with zero attached hydrogens (tertiary/aromatic N) is 1. The molecule has 2 aromatic carbocycles. The quantitative estimate of drug-likeness (QED) is 0.698. The Morgan fingerprint density at radius 2 is 1.96 bits per heavy atom. The molecule has 0 heterocycles. The Bertz CT molecular complexity index is 662. The number of halogens is 1. The highest BCUT2D eigenvalue weighted by Gasteiger charge is 2.11. The van der Waals surface area contributed by atoms with Gasteiger partial charge in [0.05, 0.1) is 12.7 Å². The predicted molar refractivity (Wildman–Crippen MR) is 100 cm³/mol. The van der Waals surface area contributed by atoms with E-state index in [-0.39, 0.29) is 5.91 Å². The van der Waals surface area contributed by atoms with E-state index in [2.05, 4.69) is 57.5 Å². The van der Waals surface area contributed by atoms with Crippen LogP contribution in [0, 0.1) is 0 Å². The Labute approximate surface area is 151 Å². The third-order valence-electron chi connectivity index (χ3n) is 3.72. The summed E-state index contributed by atoms with van der Waals surface area (Å²) in [4.78, 5) is 14.5. The van der Waals surface area contributed by atoms with Crippen LogP contribution in [0.3, 0.4) is 0 Å². The molecule has 0 unspecified atom stereocenters. The van der Waals surface area contributed by atoms with E-state index in [1.165, 1.54) is 5.56 Å². The van der Waals surface area contributed by atoms with Gasteiger partial charge in [0.1, 0.15) is 5.75 Å². The summed E-state index contributed by atoms with van der Waals surface area (Å²) in [5.74, 6) is 0.581. The van der Waals surface area contributed by atoms with E-state index in [0.717, 1.165) is 24.0 Å². The van der Waals surface area contributed by atoms with Crippen LogP contribution in [-0.4, -0.2) is 38.1 Å². The first-order valence-electron chi connectivity index (χ1n) is 7.94. The van der Waals surface area contributed by atoms with Crippen LogP contribution in [0.15, 0.2) is 53.0 Å². The van der Waals surface area contributed by atoms with Crippen molar-refractivity contribution >= 4 is 21.8 Å². The van der Waals surface area contributed by atoms with Gasteiger partial charge in [0.2, 0.25) is 0 Å². The minimum absolute atomic E-state index is 0.0912. The minimum atomic E-state index is -0.0912. The number of ether oxygens (including phenoxy) is 1. The molecule has 0 saturated heterocycles. The number of benzene rings is 2. The van der Waals surface area contributed by atoms with Crippen LogP contribution in [-0.2, 0) is 6.54 Å². The van der Waals surface area contributed by atoms with Gasteiger partial charge < -0.3 is 15.0 Å². The van der Waals surface area contributed by atoms with Gasteiger partial charge in [-0.1, -0.05) is 30.3 Å². The average Bonchev–Trinajstić information content (AvgIpc) is 2.60. The molecule has 0 bridgehead atoms. The Morgan fingerprint density at radius 1 is 1.21 bits per heavy atom. The lowest BCUT2D eigenvalue weighted by molar-refractivity contribution is 0.0950. The molecule has 4 nitrogen and oxygen atoms in total. The first kappa shape index (κ1) is 18.5. The number of hydrogen-bond acceptors (Lipinski definition) is 3. The largest absolute Gasteiger partial charge is 0.497 e. The summed E-state index contributed by atoms with van der Waals surface area (Å²) in [5, 5.41) is 2.96. The molecule has 0 fully saturated rings. The van der Waals surface area contributed by atoms with E-state index in [0.29, 0.717) is 17.9 Å². The van der Waals surface area contributed by atoms with E-state index >= 15 is 0 Å². The third-order valence-corrected chi connectivity index (χ3v) is 4.41. The number of rotatable bonds is 8. The number of amides is 1. The van der Waals surface area contributed by atoms with Crippen LogP contribution >= 0.6 is 15.9 Å². The highest BCUT2D eigenvalue weighted by atomic mass is 79.9. The third kappa shape index (κ3) is 5.65. The second-order valence-corrected chi connectivity index (χ2v) is 6.53. The summed E-state index contributed by atoms with van der Waals surface area (Å²) in [5.41, 5.74) is 1.89. The Hall–Kier alpha value is -1.85. The van der Waals surface area contributed by atoms with Crippen molar-refractivity contribution in [3.05, 3.63) is 64.1 Å². The lowest BCUT2D eigenvalue weighted by Crippen LogP contribution is -2.28. The average molecular weight is 391 g/mol. The summed E-state index contributed by atoms with van der Waals surface area (Å²) in [6.45, 7) is 2.48. The monoisotopic (exact) mass is 390 g/mol. The predicted octanol–water partition coefficient (Wildman–Crippen LogP) is 3.71. The standard InChI is InChI=1S/C19H23BrN2O2/c1-22(14-15-7-4-3-5-8-15)12-6-11-21-19(23)17-13-16(24-2)9-10-18(17)20/h3-5,7-10,13H,6,11-12,14H2,1-2H3,(H,21,23). The lowest BCUT2D eigenvalue weighted by Gasteiger charge is -2.17. The number of carbonyl (C=O) groups excluding carboxylic acids is 1. The van der Waals surface area contributed by atoms with Crippen molar-refractivity contribution in [2.24, 2.45) is 0 Å². The molecule has 0 saturated carbocycles. The molecule has 0 aliphatic rings. The summed E-state index contributed by atoms with van der Waals surface area (Å²) < 4.78 is 5.93. The zero-order chi connectivity index (χ0) is 17.4. The summed E-state index contributed by atoms with van der Waals surface area (Å²) >= 11 is 3.40. The summed E-state index contributed by atoms with van der Waals surface area (Å²) in [7, 11) is 3.68.